The molecule has 1 aromatic carbocycles. The van der Waals surface area contributed by atoms with Gasteiger partial charge < -0.3 is 10.5 Å². The maximum absolute atomic E-state index is 10.6. The molecule has 2 rings (SSSR count). The van der Waals surface area contributed by atoms with E-state index in [2.05, 4.69) is 4.98 Å². The molecule has 1 aromatic heterocycles. The Morgan fingerprint density at radius 1 is 1.24 bits per heavy atom. The molecule has 0 aliphatic rings. The van der Waals surface area contributed by atoms with Crippen molar-refractivity contribution in [2.45, 2.75) is 0 Å². The zero-order valence-corrected chi connectivity index (χ0v) is 8.74. The molecule has 0 saturated carbocycles. The van der Waals surface area contributed by atoms with Gasteiger partial charge in [0.05, 0.1) is 29.1 Å². The van der Waals surface area contributed by atoms with Crippen molar-refractivity contribution in [3.63, 3.8) is 0 Å². The summed E-state index contributed by atoms with van der Waals surface area (Å²) in [4.78, 5) is 13.9. The largest absolute Gasteiger partial charge is 0.455 e. The molecule has 6 nitrogen and oxygen atoms in total. The minimum atomic E-state index is -0.482. The van der Waals surface area contributed by atoms with Crippen molar-refractivity contribution in [2.75, 3.05) is 5.73 Å². The third-order valence-electron chi connectivity index (χ3n) is 2.00. The standard InChI is InChI=1S/C11H9N3O3/c12-8-4-11(7-13-6-8)17-10-3-1-2-9(5-10)14(15)16/h1-7H,12H2. The van der Waals surface area contributed by atoms with Crippen LogP contribution in [-0.2, 0) is 0 Å². The van der Waals surface area contributed by atoms with E-state index >= 15 is 0 Å². The van der Waals surface area contributed by atoms with E-state index in [4.69, 9.17) is 10.5 Å². The SMILES string of the molecule is Nc1cncc(Oc2cccc([N+](=O)[O-])c2)c1. The van der Waals surface area contributed by atoms with E-state index in [1.54, 1.807) is 18.2 Å². The summed E-state index contributed by atoms with van der Waals surface area (Å²) in [6, 6.07) is 7.49. The molecule has 6 heteroatoms. The number of nitro benzene ring substituents is 1. The summed E-state index contributed by atoms with van der Waals surface area (Å²) in [7, 11) is 0. The van der Waals surface area contributed by atoms with Gasteiger partial charge in [-0.05, 0) is 6.07 Å². The number of hydrogen-bond acceptors (Lipinski definition) is 5. The van der Waals surface area contributed by atoms with Gasteiger partial charge in [0.25, 0.3) is 5.69 Å². The number of ether oxygens (including phenoxy) is 1. The van der Waals surface area contributed by atoms with Crippen LogP contribution >= 0.6 is 0 Å². The Morgan fingerprint density at radius 2 is 2.06 bits per heavy atom. The molecule has 0 atom stereocenters. The fourth-order valence-electron chi connectivity index (χ4n) is 1.29. The van der Waals surface area contributed by atoms with Gasteiger partial charge in [0.15, 0.2) is 0 Å². The lowest BCUT2D eigenvalue weighted by Gasteiger charge is -2.05. The number of pyridine rings is 1. The average Bonchev–Trinajstić information content (AvgIpc) is 2.29. The zero-order valence-electron chi connectivity index (χ0n) is 8.74. The third-order valence-corrected chi connectivity index (χ3v) is 2.00. The molecule has 0 radical (unpaired) electrons. The fraction of sp³-hybridized carbons (Fsp3) is 0. The first-order valence-electron chi connectivity index (χ1n) is 4.78. The number of non-ortho nitro benzene ring substituents is 1. The molecule has 2 aromatic rings. The summed E-state index contributed by atoms with van der Waals surface area (Å²) in [6.45, 7) is 0. The molecule has 2 N–H and O–H groups in total. The van der Waals surface area contributed by atoms with E-state index in [9.17, 15) is 10.1 Å². The molecule has 0 unspecified atom stereocenters. The predicted octanol–water partition coefficient (Wildman–Crippen LogP) is 2.36. The lowest BCUT2D eigenvalue weighted by atomic mass is 10.3. The van der Waals surface area contributed by atoms with E-state index in [0.717, 1.165) is 0 Å². The molecule has 0 aliphatic carbocycles. The average molecular weight is 231 g/mol. The molecule has 0 aliphatic heterocycles. The molecule has 0 spiro atoms. The number of rotatable bonds is 3. The lowest BCUT2D eigenvalue weighted by molar-refractivity contribution is -0.384. The number of anilines is 1. The molecule has 0 amide bonds. The maximum atomic E-state index is 10.6. The van der Waals surface area contributed by atoms with Gasteiger partial charge in [-0.25, -0.2) is 0 Å². The van der Waals surface area contributed by atoms with Crippen molar-refractivity contribution in [1.82, 2.24) is 4.98 Å². The van der Waals surface area contributed by atoms with E-state index in [-0.39, 0.29) is 5.69 Å². The van der Waals surface area contributed by atoms with Crippen molar-refractivity contribution >= 4 is 11.4 Å². The Labute approximate surface area is 96.8 Å². The summed E-state index contributed by atoms with van der Waals surface area (Å²) < 4.78 is 5.40. The summed E-state index contributed by atoms with van der Waals surface area (Å²) >= 11 is 0. The minimum absolute atomic E-state index is 0.0284. The Bertz CT molecular complexity index is 557. The van der Waals surface area contributed by atoms with Crippen molar-refractivity contribution in [3.05, 3.63) is 52.8 Å². The maximum Gasteiger partial charge on any atom is 0.273 e. The molecular formula is C11H9N3O3. The highest BCUT2D eigenvalue weighted by atomic mass is 16.6. The van der Waals surface area contributed by atoms with Gasteiger partial charge in [-0.15, -0.1) is 0 Å². The minimum Gasteiger partial charge on any atom is -0.455 e. The zero-order chi connectivity index (χ0) is 12.3. The quantitative estimate of drug-likeness (QED) is 0.646. The highest BCUT2D eigenvalue weighted by molar-refractivity contribution is 5.44. The summed E-state index contributed by atoms with van der Waals surface area (Å²) in [5, 5.41) is 10.6. The first-order valence-corrected chi connectivity index (χ1v) is 4.78. The summed E-state index contributed by atoms with van der Waals surface area (Å²) in [6.07, 6.45) is 2.97. The highest BCUT2D eigenvalue weighted by Crippen LogP contribution is 2.25. The van der Waals surface area contributed by atoms with Crippen LogP contribution in [0.15, 0.2) is 42.7 Å². The molecule has 0 fully saturated rings. The van der Waals surface area contributed by atoms with Crippen LogP contribution in [0.25, 0.3) is 0 Å². The number of nitrogen functional groups attached to an aromatic ring is 1. The number of nitrogens with zero attached hydrogens (tertiary/aromatic N) is 2. The smallest absolute Gasteiger partial charge is 0.273 e. The summed E-state index contributed by atoms with van der Waals surface area (Å²) in [5.41, 5.74) is 5.98. The van der Waals surface area contributed by atoms with Gasteiger partial charge in [-0.2, -0.15) is 0 Å². The number of nitrogens with two attached hydrogens (primary N) is 1. The van der Waals surface area contributed by atoms with Crippen LogP contribution < -0.4 is 10.5 Å². The number of nitro groups is 1. The highest BCUT2D eigenvalue weighted by Gasteiger charge is 2.07. The molecular weight excluding hydrogens is 222 g/mol. The van der Waals surface area contributed by atoms with Crippen LogP contribution in [0.1, 0.15) is 0 Å². The predicted molar refractivity (Wildman–Crippen MR) is 61.8 cm³/mol. The molecule has 1 heterocycles. The number of benzene rings is 1. The van der Waals surface area contributed by atoms with Gasteiger partial charge in [0, 0.05) is 12.1 Å². The van der Waals surface area contributed by atoms with E-state index in [1.807, 2.05) is 0 Å². The van der Waals surface area contributed by atoms with Gasteiger partial charge in [0.2, 0.25) is 0 Å². The van der Waals surface area contributed by atoms with Crippen LogP contribution in [0.4, 0.5) is 11.4 Å². The van der Waals surface area contributed by atoms with Crippen LogP contribution in [0.3, 0.4) is 0 Å². The van der Waals surface area contributed by atoms with Gasteiger partial charge in [0.1, 0.15) is 11.5 Å². The number of aromatic nitrogens is 1. The Balaban J connectivity index is 2.24. The molecule has 0 bridgehead atoms. The van der Waals surface area contributed by atoms with Crippen LogP contribution in [-0.4, -0.2) is 9.91 Å². The third kappa shape index (κ3) is 2.69. The Kier molecular flexibility index (Phi) is 2.87. The van der Waals surface area contributed by atoms with Gasteiger partial charge >= 0.3 is 0 Å². The molecule has 86 valence electrons. The second-order valence-corrected chi connectivity index (χ2v) is 3.31. The van der Waals surface area contributed by atoms with Gasteiger partial charge in [-0.1, -0.05) is 6.07 Å². The Morgan fingerprint density at radius 3 is 2.76 bits per heavy atom. The topological polar surface area (TPSA) is 91.3 Å². The Hall–Kier alpha value is -2.63. The van der Waals surface area contributed by atoms with Gasteiger partial charge in [-0.3, -0.25) is 15.1 Å². The molecule has 0 saturated heterocycles. The molecule has 17 heavy (non-hydrogen) atoms. The summed E-state index contributed by atoms with van der Waals surface area (Å²) in [5.74, 6) is 0.803. The first kappa shape index (κ1) is 10.9. The van der Waals surface area contributed by atoms with Crippen LogP contribution in [0, 0.1) is 10.1 Å². The second-order valence-electron chi connectivity index (χ2n) is 3.31. The van der Waals surface area contributed by atoms with Crippen molar-refractivity contribution < 1.29 is 9.66 Å². The van der Waals surface area contributed by atoms with E-state index in [0.29, 0.717) is 17.2 Å². The monoisotopic (exact) mass is 231 g/mol. The van der Waals surface area contributed by atoms with Crippen molar-refractivity contribution in [2.24, 2.45) is 0 Å². The van der Waals surface area contributed by atoms with Crippen LogP contribution in [0.2, 0.25) is 0 Å². The van der Waals surface area contributed by atoms with E-state index < -0.39 is 4.92 Å². The first-order chi connectivity index (χ1) is 8.15. The second kappa shape index (κ2) is 4.48. The van der Waals surface area contributed by atoms with Crippen molar-refractivity contribution in [1.29, 1.82) is 0 Å². The fourth-order valence-corrected chi connectivity index (χ4v) is 1.29. The van der Waals surface area contributed by atoms with Crippen LogP contribution in [0.5, 0.6) is 11.5 Å². The van der Waals surface area contributed by atoms with Crippen molar-refractivity contribution in [3.8, 4) is 11.5 Å². The lowest BCUT2D eigenvalue weighted by Crippen LogP contribution is -1.91. The normalized spacial score (nSPS) is 9.88. The number of hydrogen-bond donors (Lipinski definition) is 1. The van der Waals surface area contributed by atoms with E-state index in [1.165, 1.54) is 24.5 Å².